The Morgan fingerprint density at radius 2 is 1.52 bits per heavy atom. The van der Waals surface area contributed by atoms with Gasteiger partial charge < -0.3 is 9.47 Å². The molecule has 0 atom stereocenters. The lowest BCUT2D eigenvalue weighted by atomic mass is 9.92. The van der Waals surface area contributed by atoms with Crippen molar-refractivity contribution in [2.45, 2.75) is 42.7 Å². The maximum Gasteiger partial charge on any atom is 0.432 e. The summed E-state index contributed by atoms with van der Waals surface area (Å²) in [5.41, 5.74) is -0.0627. The average molecular weight is 424 g/mol. The van der Waals surface area contributed by atoms with Crippen molar-refractivity contribution in [1.82, 2.24) is 10.2 Å². The molecule has 2 aromatic carbocycles. The van der Waals surface area contributed by atoms with E-state index in [-0.39, 0.29) is 4.90 Å². The van der Waals surface area contributed by atoms with Crippen LogP contribution in [0, 0.1) is 5.82 Å². The zero-order valence-corrected chi connectivity index (χ0v) is 16.2. The lowest BCUT2D eigenvalue weighted by Gasteiger charge is -2.36. The first-order valence-electron chi connectivity index (χ1n) is 9.02. The van der Waals surface area contributed by atoms with E-state index in [1.807, 2.05) is 0 Å². The number of nitrogens with one attached hydrogen (secondary N) is 2. The van der Waals surface area contributed by atoms with Crippen LogP contribution in [0.15, 0.2) is 53.4 Å². The lowest BCUT2D eigenvalue weighted by Crippen LogP contribution is -2.53. The Hall–Kier alpha value is -2.69. The molecule has 3 rings (SSSR count). The number of ether oxygens (including phenoxy) is 2. The standard InChI is InChI=1S/C19H21FN2O6S/c20-14-4-6-15(7-5-14)27-16-8-10-17(11-9-16)29(25,26)22-19(28-18(23)21-24)12-2-1-3-13-19/h4-11,22,24H,1-3,12-13H2,(H,21,23). The molecule has 0 spiro atoms. The Kier molecular flexibility index (Phi) is 6.36. The van der Waals surface area contributed by atoms with Crippen LogP contribution in [0.5, 0.6) is 11.5 Å². The first-order chi connectivity index (χ1) is 13.8. The van der Waals surface area contributed by atoms with E-state index in [9.17, 15) is 17.6 Å². The number of carbonyl (C=O) groups excluding carboxylic acids is 1. The van der Waals surface area contributed by atoms with E-state index in [0.717, 1.165) is 6.42 Å². The minimum atomic E-state index is -4.01. The van der Waals surface area contributed by atoms with Crippen LogP contribution in [-0.4, -0.2) is 25.4 Å². The van der Waals surface area contributed by atoms with Crippen LogP contribution >= 0.6 is 0 Å². The van der Waals surface area contributed by atoms with Crippen molar-refractivity contribution in [2.24, 2.45) is 0 Å². The van der Waals surface area contributed by atoms with E-state index in [1.165, 1.54) is 54.0 Å². The second-order valence-electron chi connectivity index (χ2n) is 6.69. The number of hydroxylamine groups is 1. The Morgan fingerprint density at radius 3 is 2.07 bits per heavy atom. The molecule has 1 aliphatic carbocycles. The number of carbonyl (C=O) groups is 1. The summed E-state index contributed by atoms with van der Waals surface area (Å²) in [5.74, 6) is 0.391. The van der Waals surface area contributed by atoms with Crippen LogP contribution in [0.2, 0.25) is 0 Å². The van der Waals surface area contributed by atoms with Gasteiger partial charge in [-0.3, -0.25) is 5.21 Å². The lowest BCUT2D eigenvalue weighted by molar-refractivity contribution is -0.0402. The summed E-state index contributed by atoms with van der Waals surface area (Å²) in [6.07, 6.45) is 1.70. The van der Waals surface area contributed by atoms with Gasteiger partial charge in [0.15, 0.2) is 5.72 Å². The number of halogens is 1. The van der Waals surface area contributed by atoms with Crippen LogP contribution in [0.25, 0.3) is 0 Å². The molecular weight excluding hydrogens is 403 g/mol. The van der Waals surface area contributed by atoms with Crippen LogP contribution < -0.4 is 14.9 Å². The molecule has 0 aliphatic heterocycles. The van der Waals surface area contributed by atoms with Crippen LogP contribution in [0.1, 0.15) is 32.1 Å². The summed E-state index contributed by atoms with van der Waals surface area (Å²) in [7, 11) is -4.01. The van der Waals surface area contributed by atoms with Crippen LogP contribution in [-0.2, 0) is 14.8 Å². The summed E-state index contributed by atoms with van der Waals surface area (Å²) in [6.45, 7) is 0. The maximum absolute atomic E-state index is 13.0. The fraction of sp³-hybridized carbons (Fsp3) is 0.316. The molecule has 1 aliphatic rings. The van der Waals surface area contributed by atoms with E-state index in [0.29, 0.717) is 37.2 Å². The van der Waals surface area contributed by atoms with Crippen molar-refractivity contribution in [1.29, 1.82) is 0 Å². The van der Waals surface area contributed by atoms with Crippen LogP contribution in [0.4, 0.5) is 9.18 Å². The second-order valence-corrected chi connectivity index (χ2v) is 8.37. The maximum atomic E-state index is 13.0. The minimum Gasteiger partial charge on any atom is -0.457 e. The van der Waals surface area contributed by atoms with E-state index in [4.69, 9.17) is 14.7 Å². The molecule has 0 saturated heterocycles. The number of amides is 1. The number of rotatable bonds is 6. The molecule has 1 amide bonds. The first kappa shape index (κ1) is 21.0. The van der Waals surface area contributed by atoms with Crippen molar-refractivity contribution in [3.05, 3.63) is 54.3 Å². The third-order valence-electron chi connectivity index (χ3n) is 4.54. The third-order valence-corrected chi connectivity index (χ3v) is 6.08. The Morgan fingerprint density at radius 1 is 0.966 bits per heavy atom. The van der Waals surface area contributed by atoms with Gasteiger partial charge in [0, 0.05) is 12.8 Å². The van der Waals surface area contributed by atoms with Gasteiger partial charge in [-0.1, -0.05) is 6.42 Å². The van der Waals surface area contributed by atoms with Gasteiger partial charge >= 0.3 is 6.09 Å². The molecule has 0 bridgehead atoms. The number of hydrogen-bond acceptors (Lipinski definition) is 6. The fourth-order valence-electron chi connectivity index (χ4n) is 3.18. The van der Waals surface area contributed by atoms with Crippen molar-refractivity contribution >= 4 is 16.1 Å². The number of hydrogen-bond donors (Lipinski definition) is 3. The number of sulfonamides is 1. The average Bonchev–Trinajstić information content (AvgIpc) is 2.70. The first-order valence-corrected chi connectivity index (χ1v) is 10.5. The summed E-state index contributed by atoms with van der Waals surface area (Å²) < 4.78 is 51.8. The van der Waals surface area contributed by atoms with Gasteiger partial charge in [0.1, 0.15) is 17.3 Å². The van der Waals surface area contributed by atoms with Crippen molar-refractivity contribution < 1.29 is 32.3 Å². The van der Waals surface area contributed by atoms with Crippen molar-refractivity contribution in [2.75, 3.05) is 0 Å². The highest BCUT2D eigenvalue weighted by atomic mass is 32.2. The van der Waals surface area contributed by atoms with E-state index in [2.05, 4.69) is 4.72 Å². The highest BCUT2D eigenvalue weighted by Gasteiger charge is 2.40. The Labute approximate surface area is 167 Å². The monoisotopic (exact) mass is 424 g/mol. The smallest absolute Gasteiger partial charge is 0.432 e. The van der Waals surface area contributed by atoms with Gasteiger partial charge in [-0.05, 0) is 61.4 Å². The Balaban J connectivity index is 1.75. The fourth-order valence-corrected chi connectivity index (χ4v) is 4.53. The molecular formula is C19H21FN2O6S. The predicted octanol–water partition coefficient (Wildman–Crippen LogP) is 3.67. The zero-order valence-electron chi connectivity index (χ0n) is 15.4. The van der Waals surface area contributed by atoms with Gasteiger partial charge in [0.05, 0.1) is 4.90 Å². The quantitative estimate of drug-likeness (QED) is 0.370. The second kappa shape index (κ2) is 8.76. The SMILES string of the molecule is O=C(NO)OC1(NS(=O)(=O)c2ccc(Oc3ccc(F)cc3)cc2)CCCCC1. The normalized spacial score (nSPS) is 16.1. The molecule has 0 aromatic heterocycles. The van der Waals surface area contributed by atoms with Gasteiger partial charge in [0.25, 0.3) is 0 Å². The molecule has 0 radical (unpaired) electrons. The summed E-state index contributed by atoms with van der Waals surface area (Å²) >= 11 is 0. The molecule has 1 fully saturated rings. The predicted molar refractivity (Wildman–Crippen MR) is 100 cm³/mol. The van der Waals surface area contributed by atoms with Gasteiger partial charge in [0.2, 0.25) is 10.0 Å². The van der Waals surface area contributed by atoms with Gasteiger partial charge in [-0.15, -0.1) is 0 Å². The highest BCUT2D eigenvalue weighted by Crippen LogP contribution is 2.31. The third kappa shape index (κ3) is 5.43. The van der Waals surface area contributed by atoms with Gasteiger partial charge in [-0.25, -0.2) is 23.1 Å². The zero-order chi connectivity index (χ0) is 20.9. The van der Waals surface area contributed by atoms with Crippen molar-refractivity contribution in [3.8, 4) is 11.5 Å². The molecule has 10 heteroatoms. The summed E-state index contributed by atoms with van der Waals surface area (Å²) in [4.78, 5) is 11.4. The summed E-state index contributed by atoms with van der Waals surface area (Å²) in [6, 6.07) is 11.1. The van der Waals surface area contributed by atoms with E-state index in [1.54, 1.807) is 0 Å². The molecule has 0 heterocycles. The minimum absolute atomic E-state index is 0.0399. The molecule has 156 valence electrons. The summed E-state index contributed by atoms with van der Waals surface area (Å²) in [5, 5.41) is 8.73. The largest absolute Gasteiger partial charge is 0.457 e. The van der Waals surface area contributed by atoms with E-state index >= 15 is 0 Å². The Bertz CT molecular complexity index is 942. The molecule has 0 unspecified atom stereocenters. The number of benzene rings is 2. The highest BCUT2D eigenvalue weighted by molar-refractivity contribution is 7.89. The van der Waals surface area contributed by atoms with Crippen molar-refractivity contribution in [3.63, 3.8) is 0 Å². The van der Waals surface area contributed by atoms with E-state index < -0.39 is 27.7 Å². The van der Waals surface area contributed by atoms with Crippen LogP contribution in [0.3, 0.4) is 0 Å². The molecule has 1 saturated carbocycles. The van der Waals surface area contributed by atoms with Gasteiger partial charge in [-0.2, -0.15) is 4.72 Å². The molecule has 8 nitrogen and oxygen atoms in total. The molecule has 2 aromatic rings. The topological polar surface area (TPSA) is 114 Å². The molecule has 3 N–H and O–H groups in total. The molecule has 29 heavy (non-hydrogen) atoms.